The number of fused-ring (bicyclic) bond motifs is 1. The number of unbranched alkanes of at least 4 members (excludes halogenated alkanes) is 1. The minimum atomic E-state index is -0.191. The highest BCUT2D eigenvalue weighted by atomic mass is 16.5. The van der Waals surface area contributed by atoms with Crippen molar-refractivity contribution in [1.82, 2.24) is 14.8 Å². The number of hydrogen-bond acceptors (Lipinski definition) is 4. The summed E-state index contributed by atoms with van der Waals surface area (Å²) in [5.41, 5.74) is 13.2. The van der Waals surface area contributed by atoms with Crippen molar-refractivity contribution in [2.75, 3.05) is 43.9 Å². The first kappa shape index (κ1) is 25.6. The minimum absolute atomic E-state index is 0.0897. The Balaban J connectivity index is 1.35. The monoisotopic (exact) mass is 503 g/mol. The van der Waals surface area contributed by atoms with Gasteiger partial charge in [-0.1, -0.05) is 24.3 Å². The second kappa shape index (κ2) is 11.6. The Bertz CT molecular complexity index is 1210. The van der Waals surface area contributed by atoms with E-state index >= 15 is 0 Å². The predicted molar refractivity (Wildman–Crippen MR) is 152 cm³/mol. The van der Waals surface area contributed by atoms with Gasteiger partial charge in [0, 0.05) is 41.8 Å². The van der Waals surface area contributed by atoms with Crippen LogP contribution in [0.15, 0.2) is 42.5 Å². The molecule has 3 aromatic rings. The van der Waals surface area contributed by atoms with Gasteiger partial charge in [0.2, 0.25) is 0 Å². The molecule has 198 valence electrons. The molecule has 2 aliphatic rings. The number of carbonyl (C=O) groups is 1. The molecule has 0 radical (unpaired) electrons. The third-order valence-corrected chi connectivity index (χ3v) is 7.68. The Morgan fingerprint density at radius 1 is 1.08 bits per heavy atom. The van der Waals surface area contributed by atoms with E-state index in [9.17, 15) is 4.79 Å². The summed E-state index contributed by atoms with van der Waals surface area (Å²) in [6.07, 6.45) is 7.13. The van der Waals surface area contributed by atoms with E-state index < -0.39 is 0 Å². The number of nitrogens with one attached hydrogen (secondary N) is 2. The predicted octanol–water partition coefficient (Wildman–Crippen LogP) is 5.80. The van der Waals surface area contributed by atoms with Gasteiger partial charge in [-0.3, -0.25) is 4.90 Å². The Labute approximate surface area is 220 Å². The summed E-state index contributed by atoms with van der Waals surface area (Å²) in [6.45, 7) is 8.90. The lowest BCUT2D eigenvalue weighted by molar-refractivity contribution is 0.0372. The van der Waals surface area contributed by atoms with Gasteiger partial charge in [0.1, 0.15) is 0 Å². The van der Waals surface area contributed by atoms with Crippen molar-refractivity contribution in [1.29, 1.82) is 0 Å². The number of carbonyl (C=O) groups excluding carboxylic acids is 1. The Morgan fingerprint density at radius 3 is 2.51 bits per heavy atom. The number of hydrogen-bond donors (Lipinski definition) is 3. The molecule has 0 bridgehead atoms. The molecule has 1 aliphatic carbocycles. The van der Waals surface area contributed by atoms with Crippen molar-refractivity contribution in [2.24, 2.45) is 0 Å². The highest BCUT2D eigenvalue weighted by molar-refractivity contribution is 6.01. The average molecular weight is 504 g/mol. The highest BCUT2D eigenvalue weighted by Gasteiger charge is 2.27. The van der Waals surface area contributed by atoms with Crippen LogP contribution < -0.4 is 16.4 Å². The first-order valence-electron chi connectivity index (χ1n) is 13.9. The molecule has 2 amide bonds. The second-order valence-electron chi connectivity index (χ2n) is 10.8. The number of amides is 2. The fraction of sp³-hybridized carbons (Fsp3) is 0.500. The molecule has 0 spiro atoms. The molecule has 7 heteroatoms. The van der Waals surface area contributed by atoms with Gasteiger partial charge < -0.3 is 25.7 Å². The number of rotatable bonds is 9. The van der Waals surface area contributed by atoms with Crippen LogP contribution in [0.3, 0.4) is 0 Å². The van der Waals surface area contributed by atoms with Gasteiger partial charge in [0.25, 0.3) is 0 Å². The quantitative estimate of drug-likeness (QED) is 0.322. The number of anilines is 2. The third kappa shape index (κ3) is 5.94. The molecule has 1 aliphatic heterocycles. The number of aromatic nitrogens is 1. The van der Waals surface area contributed by atoms with Gasteiger partial charge in [-0.05, 0) is 82.7 Å². The molecule has 1 saturated heterocycles. The van der Waals surface area contributed by atoms with E-state index in [4.69, 9.17) is 10.5 Å². The molecule has 2 heterocycles. The van der Waals surface area contributed by atoms with Crippen LogP contribution in [0.5, 0.6) is 0 Å². The lowest BCUT2D eigenvalue weighted by atomic mass is 9.92. The number of nitrogen functional groups attached to an aromatic ring is 1. The Morgan fingerprint density at radius 2 is 1.84 bits per heavy atom. The van der Waals surface area contributed by atoms with E-state index in [1.165, 1.54) is 43.2 Å². The van der Waals surface area contributed by atoms with Crippen LogP contribution in [0.1, 0.15) is 57.6 Å². The van der Waals surface area contributed by atoms with Crippen LogP contribution in [0.4, 0.5) is 16.2 Å². The van der Waals surface area contributed by atoms with Gasteiger partial charge in [0.15, 0.2) is 0 Å². The smallest absolute Gasteiger partial charge is 0.319 e. The Kier molecular flexibility index (Phi) is 8.01. The summed E-state index contributed by atoms with van der Waals surface area (Å²) in [4.78, 5) is 14.6. The molecule has 2 aromatic carbocycles. The minimum Gasteiger partial charge on any atom is -0.396 e. The van der Waals surface area contributed by atoms with Gasteiger partial charge in [0.05, 0.1) is 30.1 Å². The molecule has 1 aromatic heterocycles. The van der Waals surface area contributed by atoms with Gasteiger partial charge in [-0.2, -0.15) is 0 Å². The van der Waals surface area contributed by atoms with Crippen LogP contribution in [0.2, 0.25) is 0 Å². The van der Waals surface area contributed by atoms with E-state index in [0.29, 0.717) is 6.04 Å². The zero-order valence-electron chi connectivity index (χ0n) is 22.3. The number of benzene rings is 2. The number of nitrogens with two attached hydrogens (primary N) is 1. The number of morpholine rings is 1. The molecular weight excluding hydrogens is 462 g/mol. The first-order chi connectivity index (χ1) is 18.0. The lowest BCUT2D eigenvalue weighted by Gasteiger charge is -2.30. The van der Waals surface area contributed by atoms with E-state index in [2.05, 4.69) is 50.4 Å². The SMILES string of the molecule is CC(C)NC(=O)Nc1ccc(-c2c(N)c3ccc(CCCCN4CCOCC4)cc3n2C2CCC2)cc1. The van der Waals surface area contributed by atoms with Crippen molar-refractivity contribution in [2.45, 2.75) is 64.5 Å². The van der Waals surface area contributed by atoms with Crippen molar-refractivity contribution in [3.05, 3.63) is 48.0 Å². The van der Waals surface area contributed by atoms with E-state index in [-0.39, 0.29) is 12.1 Å². The molecule has 0 unspecified atom stereocenters. The summed E-state index contributed by atoms with van der Waals surface area (Å²) in [5, 5.41) is 6.91. The average Bonchev–Trinajstić information content (AvgIpc) is 3.13. The first-order valence-corrected chi connectivity index (χ1v) is 13.9. The summed E-state index contributed by atoms with van der Waals surface area (Å²) in [6, 6.07) is 15.3. The molecule has 5 rings (SSSR count). The van der Waals surface area contributed by atoms with Crippen LogP contribution in [-0.2, 0) is 11.2 Å². The van der Waals surface area contributed by atoms with Gasteiger partial charge in [-0.25, -0.2) is 4.79 Å². The van der Waals surface area contributed by atoms with Crippen molar-refractivity contribution < 1.29 is 9.53 Å². The maximum Gasteiger partial charge on any atom is 0.319 e. The third-order valence-electron chi connectivity index (χ3n) is 7.68. The molecule has 4 N–H and O–H groups in total. The normalized spacial score (nSPS) is 16.7. The van der Waals surface area contributed by atoms with Crippen LogP contribution in [-0.4, -0.2) is 54.4 Å². The summed E-state index contributed by atoms with van der Waals surface area (Å²) < 4.78 is 7.95. The van der Waals surface area contributed by atoms with Gasteiger partial charge >= 0.3 is 6.03 Å². The molecule has 0 atom stereocenters. The Hall–Kier alpha value is -3.03. The zero-order chi connectivity index (χ0) is 25.8. The largest absolute Gasteiger partial charge is 0.396 e. The molecular formula is C30H41N5O2. The van der Waals surface area contributed by atoms with E-state index in [1.54, 1.807) is 0 Å². The van der Waals surface area contributed by atoms with Crippen LogP contribution >= 0.6 is 0 Å². The maximum absolute atomic E-state index is 12.1. The standard InChI is InChI=1S/C30H41N5O2/c1-21(2)32-30(36)33-24-12-10-23(11-13-24)29-28(31)26-14-9-22(20-27(26)35(29)25-7-5-8-25)6-3-4-15-34-16-18-37-19-17-34/h9-14,20-21,25H,3-8,15-19,31H2,1-2H3,(H2,32,33,36). The number of ether oxygens (including phenoxy) is 1. The topological polar surface area (TPSA) is 84.6 Å². The van der Waals surface area contributed by atoms with Gasteiger partial charge in [-0.15, -0.1) is 0 Å². The molecule has 7 nitrogen and oxygen atoms in total. The van der Waals surface area contributed by atoms with Crippen molar-refractivity contribution >= 4 is 28.3 Å². The maximum atomic E-state index is 12.1. The summed E-state index contributed by atoms with van der Waals surface area (Å²) in [5.74, 6) is 0. The number of urea groups is 1. The summed E-state index contributed by atoms with van der Waals surface area (Å²) >= 11 is 0. The van der Waals surface area contributed by atoms with Crippen LogP contribution in [0, 0.1) is 0 Å². The van der Waals surface area contributed by atoms with Crippen molar-refractivity contribution in [3.8, 4) is 11.3 Å². The lowest BCUT2D eigenvalue weighted by Crippen LogP contribution is -2.36. The fourth-order valence-electron chi connectivity index (χ4n) is 5.49. The number of aryl methyl sites for hydroxylation is 1. The second-order valence-corrected chi connectivity index (χ2v) is 10.8. The van der Waals surface area contributed by atoms with Crippen molar-refractivity contribution in [3.63, 3.8) is 0 Å². The fourth-order valence-corrected chi connectivity index (χ4v) is 5.49. The molecule has 2 fully saturated rings. The highest BCUT2D eigenvalue weighted by Crippen LogP contribution is 2.44. The number of nitrogens with zero attached hydrogens (tertiary/aromatic N) is 2. The molecule has 37 heavy (non-hydrogen) atoms. The zero-order valence-corrected chi connectivity index (χ0v) is 22.3. The van der Waals surface area contributed by atoms with E-state index in [0.717, 1.165) is 67.3 Å². The summed E-state index contributed by atoms with van der Waals surface area (Å²) in [7, 11) is 0. The molecule has 1 saturated carbocycles. The van der Waals surface area contributed by atoms with E-state index in [1.807, 2.05) is 26.0 Å². The van der Waals surface area contributed by atoms with Crippen LogP contribution in [0.25, 0.3) is 22.2 Å².